The molecule has 0 radical (unpaired) electrons. The molecule has 1 N–H and O–H groups in total. The first kappa shape index (κ1) is 18.9. The van der Waals surface area contributed by atoms with Gasteiger partial charge in [-0.3, -0.25) is 0 Å². The maximum Gasteiger partial charge on any atom is 0.149 e. The van der Waals surface area contributed by atoms with Crippen LogP contribution in [0.3, 0.4) is 0 Å². The third kappa shape index (κ3) is 4.11. The molecular weight excluding hydrogens is 326 g/mol. The summed E-state index contributed by atoms with van der Waals surface area (Å²) in [7, 11) is 4.17. The highest BCUT2D eigenvalue weighted by Crippen LogP contribution is 2.33. The average Bonchev–Trinajstić information content (AvgIpc) is 3.17. The number of rotatable bonds is 7. The summed E-state index contributed by atoms with van der Waals surface area (Å²) in [4.78, 5) is 9.35. The van der Waals surface area contributed by atoms with Crippen LogP contribution in [0.4, 0.5) is 11.6 Å². The third-order valence-electron chi connectivity index (χ3n) is 5.41. The zero-order chi connectivity index (χ0) is 18.5. The number of pyridine rings is 1. The van der Waals surface area contributed by atoms with Crippen LogP contribution in [0.1, 0.15) is 49.3 Å². The van der Waals surface area contributed by atoms with Crippen LogP contribution in [0.2, 0.25) is 0 Å². The van der Waals surface area contributed by atoms with E-state index in [1.54, 1.807) is 0 Å². The standard InChI is InChI=1S/C20H31N5O/c1-4-5-9-25(3)20-17(12-21)16-8-10-24(2)14-18(16)19(23-20)22-13-15-7-6-11-26-15/h15H,4-11,13-14H2,1-3H3,(H,22,23). The summed E-state index contributed by atoms with van der Waals surface area (Å²) >= 11 is 0. The third-order valence-corrected chi connectivity index (χ3v) is 5.41. The first-order valence-electron chi connectivity index (χ1n) is 9.85. The van der Waals surface area contributed by atoms with Crippen molar-refractivity contribution in [1.82, 2.24) is 9.88 Å². The van der Waals surface area contributed by atoms with Gasteiger partial charge in [-0.15, -0.1) is 0 Å². The highest BCUT2D eigenvalue weighted by atomic mass is 16.5. The molecule has 0 aromatic carbocycles. The van der Waals surface area contributed by atoms with E-state index in [4.69, 9.17) is 9.72 Å². The Kier molecular flexibility index (Phi) is 6.33. The number of unbranched alkanes of at least 4 members (excludes halogenated alkanes) is 1. The van der Waals surface area contributed by atoms with Crippen LogP contribution in [0.15, 0.2) is 0 Å². The number of ether oxygens (including phenoxy) is 1. The molecule has 3 heterocycles. The normalized spacial score (nSPS) is 19.8. The van der Waals surface area contributed by atoms with E-state index in [1.807, 2.05) is 7.05 Å². The predicted octanol–water partition coefficient (Wildman–Crippen LogP) is 2.77. The molecule has 6 heteroatoms. The summed E-state index contributed by atoms with van der Waals surface area (Å²) in [6.07, 6.45) is 5.65. The summed E-state index contributed by atoms with van der Waals surface area (Å²) in [6.45, 7) is 6.57. The Morgan fingerprint density at radius 3 is 2.96 bits per heavy atom. The molecule has 1 fully saturated rings. The zero-order valence-electron chi connectivity index (χ0n) is 16.3. The summed E-state index contributed by atoms with van der Waals surface area (Å²) in [5.74, 6) is 1.75. The van der Waals surface area contributed by atoms with Crippen LogP contribution in [0, 0.1) is 11.3 Å². The predicted molar refractivity (Wildman–Crippen MR) is 105 cm³/mol. The molecule has 1 saturated heterocycles. The van der Waals surface area contributed by atoms with Crippen molar-refractivity contribution < 1.29 is 4.74 Å². The van der Waals surface area contributed by atoms with Crippen LogP contribution in [0.25, 0.3) is 0 Å². The van der Waals surface area contributed by atoms with Crippen LogP contribution >= 0.6 is 0 Å². The lowest BCUT2D eigenvalue weighted by atomic mass is 9.95. The fourth-order valence-corrected chi connectivity index (χ4v) is 3.81. The lowest BCUT2D eigenvalue weighted by molar-refractivity contribution is 0.120. The Hall–Kier alpha value is -1.84. The Morgan fingerprint density at radius 2 is 2.27 bits per heavy atom. The van der Waals surface area contributed by atoms with Crippen molar-refractivity contribution in [3.05, 3.63) is 16.7 Å². The molecule has 1 unspecified atom stereocenters. The highest BCUT2D eigenvalue weighted by Gasteiger charge is 2.26. The molecule has 1 atom stereocenters. The second kappa shape index (κ2) is 8.70. The molecule has 0 amide bonds. The Morgan fingerprint density at radius 1 is 1.42 bits per heavy atom. The molecule has 2 aliphatic rings. The zero-order valence-corrected chi connectivity index (χ0v) is 16.3. The van der Waals surface area contributed by atoms with E-state index in [9.17, 15) is 5.26 Å². The Bertz CT molecular complexity index is 663. The minimum absolute atomic E-state index is 0.269. The van der Waals surface area contributed by atoms with Gasteiger partial charge in [-0.05, 0) is 38.3 Å². The number of nitrogens with one attached hydrogen (secondary N) is 1. The van der Waals surface area contributed by atoms with Crippen molar-refractivity contribution in [2.24, 2.45) is 0 Å². The van der Waals surface area contributed by atoms with Gasteiger partial charge in [0.15, 0.2) is 0 Å². The molecule has 6 nitrogen and oxygen atoms in total. The second-order valence-electron chi connectivity index (χ2n) is 7.51. The van der Waals surface area contributed by atoms with Gasteiger partial charge >= 0.3 is 0 Å². The highest BCUT2D eigenvalue weighted by molar-refractivity contribution is 5.66. The number of hydrogen-bond donors (Lipinski definition) is 1. The van der Waals surface area contributed by atoms with Gasteiger partial charge in [0.2, 0.25) is 0 Å². The van der Waals surface area contributed by atoms with Crippen LogP contribution in [0.5, 0.6) is 0 Å². The minimum atomic E-state index is 0.269. The van der Waals surface area contributed by atoms with Gasteiger partial charge in [-0.25, -0.2) is 4.98 Å². The number of likely N-dealkylation sites (N-methyl/N-ethyl adjacent to an activating group) is 1. The Balaban J connectivity index is 1.93. The second-order valence-corrected chi connectivity index (χ2v) is 7.51. The van der Waals surface area contributed by atoms with Crippen molar-refractivity contribution in [2.75, 3.05) is 50.6 Å². The monoisotopic (exact) mass is 357 g/mol. The van der Waals surface area contributed by atoms with Crippen molar-refractivity contribution >= 4 is 11.6 Å². The van der Waals surface area contributed by atoms with Gasteiger partial charge < -0.3 is 19.9 Å². The topological polar surface area (TPSA) is 64.4 Å². The number of hydrogen-bond acceptors (Lipinski definition) is 6. The average molecular weight is 358 g/mol. The number of anilines is 2. The van der Waals surface area contributed by atoms with E-state index in [0.717, 1.165) is 82.1 Å². The molecule has 3 rings (SSSR count). The van der Waals surface area contributed by atoms with Crippen LogP contribution in [-0.2, 0) is 17.7 Å². The summed E-state index contributed by atoms with van der Waals surface area (Å²) in [6, 6.07) is 2.45. The number of nitriles is 1. The SMILES string of the molecule is CCCCN(C)c1nc(NCC2CCCO2)c2c(c1C#N)CCN(C)C2. The van der Waals surface area contributed by atoms with E-state index >= 15 is 0 Å². The smallest absolute Gasteiger partial charge is 0.149 e. The van der Waals surface area contributed by atoms with Gasteiger partial charge in [-0.2, -0.15) is 5.26 Å². The molecule has 0 spiro atoms. The quantitative estimate of drug-likeness (QED) is 0.809. The van der Waals surface area contributed by atoms with Gasteiger partial charge in [0.05, 0.1) is 11.7 Å². The summed E-state index contributed by atoms with van der Waals surface area (Å²) in [5, 5.41) is 13.4. The molecule has 2 aliphatic heterocycles. The summed E-state index contributed by atoms with van der Waals surface area (Å²) in [5.41, 5.74) is 3.11. The van der Waals surface area contributed by atoms with Crippen LogP contribution in [-0.4, -0.2) is 56.3 Å². The molecular formula is C20H31N5O. The molecule has 0 saturated carbocycles. The maximum atomic E-state index is 9.84. The Labute approximate surface area is 157 Å². The van der Waals surface area contributed by atoms with E-state index in [1.165, 1.54) is 11.1 Å². The minimum Gasteiger partial charge on any atom is -0.376 e. The molecule has 1 aromatic heterocycles. The van der Waals surface area contributed by atoms with Gasteiger partial charge in [-0.1, -0.05) is 13.3 Å². The molecule has 142 valence electrons. The number of aromatic nitrogens is 1. The van der Waals surface area contributed by atoms with E-state index in [2.05, 4.69) is 35.2 Å². The maximum absolute atomic E-state index is 9.84. The van der Waals surface area contributed by atoms with Crippen molar-refractivity contribution in [1.29, 1.82) is 5.26 Å². The first-order valence-corrected chi connectivity index (χ1v) is 9.85. The van der Waals surface area contributed by atoms with E-state index in [0.29, 0.717) is 0 Å². The van der Waals surface area contributed by atoms with Crippen molar-refractivity contribution in [3.63, 3.8) is 0 Å². The van der Waals surface area contributed by atoms with Crippen molar-refractivity contribution in [3.8, 4) is 6.07 Å². The fourth-order valence-electron chi connectivity index (χ4n) is 3.81. The number of nitrogens with zero attached hydrogens (tertiary/aromatic N) is 4. The van der Waals surface area contributed by atoms with E-state index < -0.39 is 0 Å². The van der Waals surface area contributed by atoms with Gasteiger partial charge in [0, 0.05) is 45.4 Å². The lowest BCUT2D eigenvalue weighted by Crippen LogP contribution is -2.31. The summed E-state index contributed by atoms with van der Waals surface area (Å²) < 4.78 is 5.75. The van der Waals surface area contributed by atoms with Crippen molar-refractivity contribution in [2.45, 2.75) is 51.7 Å². The first-order chi connectivity index (χ1) is 12.6. The fraction of sp³-hybridized carbons (Fsp3) is 0.700. The van der Waals surface area contributed by atoms with Crippen LogP contribution < -0.4 is 10.2 Å². The van der Waals surface area contributed by atoms with Gasteiger partial charge in [0.25, 0.3) is 0 Å². The molecule has 0 aliphatic carbocycles. The largest absolute Gasteiger partial charge is 0.376 e. The lowest BCUT2D eigenvalue weighted by Gasteiger charge is -2.30. The van der Waals surface area contributed by atoms with Gasteiger partial charge in [0.1, 0.15) is 17.7 Å². The number of fused-ring (bicyclic) bond motifs is 1. The molecule has 1 aromatic rings. The molecule has 26 heavy (non-hydrogen) atoms. The molecule has 0 bridgehead atoms. The van der Waals surface area contributed by atoms with E-state index in [-0.39, 0.29) is 6.10 Å².